The number of hydrogen-bond donors (Lipinski definition) is 0. The third-order valence-electron chi connectivity index (χ3n) is 8.44. The molecule has 0 spiro atoms. The fourth-order valence-corrected chi connectivity index (χ4v) is 9.51. The lowest BCUT2D eigenvalue weighted by Crippen LogP contribution is -2.29. The molecule has 0 saturated heterocycles. The molecule has 0 radical (unpaired) electrons. The van der Waals surface area contributed by atoms with Gasteiger partial charge >= 0.3 is 0 Å². The van der Waals surface area contributed by atoms with Crippen molar-refractivity contribution < 1.29 is 0 Å². The fraction of sp³-hybridized carbons (Fsp3) is 0.0270. The lowest BCUT2D eigenvalue weighted by atomic mass is 9.67. The number of aromatic nitrogens is 1. The van der Waals surface area contributed by atoms with Crippen LogP contribution in [0.2, 0.25) is 0 Å². The second-order valence-electron chi connectivity index (χ2n) is 10.7. The minimum absolute atomic E-state index is 0.559. The minimum Gasteiger partial charge on any atom is -0.309 e. The van der Waals surface area contributed by atoms with E-state index in [1.54, 1.807) is 0 Å². The van der Waals surface area contributed by atoms with Gasteiger partial charge in [0.2, 0.25) is 0 Å². The van der Waals surface area contributed by atoms with Crippen LogP contribution in [0.4, 0.5) is 0 Å². The van der Waals surface area contributed by atoms with Gasteiger partial charge in [0.1, 0.15) is 0 Å². The van der Waals surface area contributed by atoms with Crippen molar-refractivity contribution in [1.29, 1.82) is 0 Å². The van der Waals surface area contributed by atoms with Crippen molar-refractivity contribution in [3.8, 4) is 16.8 Å². The Morgan fingerprint density at radius 1 is 0.429 bits per heavy atom. The molecule has 0 unspecified atom stereocenters. The highest BCUT2D eigenvalue weighted by Gasteiger charge is 2.47. The summed E-state index contributed by atoms with van der Waals surface area (Å²) in [5.74, 6) is 0. The molecule has 0 amide bonds. The van der Waals surface area contributed by atoms with E-state index >= 15 is 0 Å². The number of halogens is 4. The predicted octanol–water partition coefficient (Wildman–Crippen LogP) is 12.2. The van der Waals surface area contributed by atoms with Crippen LogP contribution in [0, 0.1) is 0 Å². The topological polar surface area (TPSA) is 4.93 Å². The Balaban J connectivity index is 1.60. The molecule has 7 aromatic rings. The van der Waals surface area contributed by atoms with Gasteiger partial charge in [-0.3, -0.25) is 0 Å². The molecule has 0 fully saturated rings. The maximum atomic E-state index is 3.82. The van der Waals surface area contributed by atoms with Crippen molar-refractivity contribution in [3.05, 3.63) is 168 Å². The van der Waals surface area contributed by atoms with Crippen LogP contribution in [0.15, 0.2) is 145 Å². The first-order chi connectivity index (χ1) is 20.4. The van der Waals surface area contributed by atoms with Gasteiger partial charge < -0.3 is 4.57 Å². The highest BCUT2D eigenvalue weighted by Crippen LogP contribution is 2.58. The molecule has 6 aromatic carbocycles. The largest absolute Gasteiger partial charge is 0.309 e. The van der Waals surface area contributed by atoms with Gasteiger partial charge in [0.15, 0.2) is 0 Å². The summed E-state index contributed by atoms with van der Waals surface area (Å²) in [6.07, 6.45) is 0. The molecule has 0 aliphatic heterocycles. The van der Waals surface area contributed by atoms with Crippen molar-refractivity contribution >= 4 is 85.5 Å². The first-order valence-corrected chi connectivity index (χ1v) is 16.8. The van der Waals surface area contributed by atoms with Crippen LogP contribution < -0.4 is 0 Å². The van der Waals surface area contributed by atoms with Gasteiger partial charge in [0.05, 0.1) is 16.4 Å². The third-order valence-corrected chi connectivity index (χ3v) is 10.3. The molecule has 0 saturated carbocycles. The summed E-state index contributed by atoms with van der Waals surface area (Å²) in [5.41, 5.74) is 10.5. The van der Waals surface area contributed by atoms with Crippen LogP contribution in [0.3, 0.4) is 0 Å². The Hall–Kier alpha value is -2.96. The van der Waals surface area contributed by atoms with E-state index in [1.807, 2.05) is 0 Å². The van der Waals surface area contributed by atoms with E-state index in [2.05, 4.69) is 196 Å². The van der Waals surface area contributed by atoms with Crippen molar-refractivity contribution in [2.24, 2.45) is 0 Å². The highest BCUT2D eigenvalue weighted by atomic mass is 79.9. The standard InChI is InChI=1S/C37H21Br4N/c38-24-14-22(15-25(39)18-24)37(23-16-26(40)19-27(41)17-23)33-12-6-4-10-29(33)31-20-32-30-11-5-7-13-35(30)42(36(32)21-34(31)37)28-8-2-1-3-9-28/h1-21H. The third kappa shape index (κ3) is 3.90. The maximum absolute atomic E-state index is 3.82. The van der Waals surface area contributed by atoms with E-state index in [-0.39, 0.29) is 0 Å². The summed E-state index contributed by atoms with van der Waals surface area (Å²) in [6.45, 7) is 0. The molecule has 1 nitrogen and oxygen atoms in total. The Morgan fingerprint density at radius 2 is 1.00 bits per heavy atom. The quantitative estimate of drug-likeness (QED) is 0.168. The van der Waals surface area contributed by atoms with Gasteiger partial charge in [-0.2, -0.15) is 0 Å². The van der Waals surface area contributed by atoms with Crippen LogP contribution in [0.25, 0.3) is 38.6 Å². The fourth-order valence-electron chi connectivity index (χ4n) is 6.92. The smallest absolute Gasteiger partial charge is 0.0715 e. The van der Waals surface area contributed by atoms with Gasteiger partial charge in [-0.15, -0.1) is 0 Å². The number of rotatable bonds is 3. The van der Waals surface area contributed by atoms with Crippen molar-refractivity contribution in [3.63, 3.8) is 0 Å². The summed E-state index contributed by atoms with van der Waals surface area (Å²) in [7, 11) is 0. The van der Waals surface area contributed by atoms with Crippen LogP contribution in [-0.4, -0.2) is 4.57 Å². The molecule has 0 bridgehead atoms. The van der Waals surface area contributed by atoms with Crippen LogP contribution in [-0.2, 0) is 5.41 Å². The lowest BCUT2D eigenvalue weighted by Gasteiger charge is -2.34. The highest BCUT2D eigenvalue weighted by molar-refractivity contribution is 9.11. The molecular weight excluding hydrogens is 778 g/mol. The van der Waals surface area contributed by atoms with Crippen molar-refractivity contribution in [2.45, 2.75) is 5.41 Å². The molecule has 5 heteroatoms. The number of hydrogen-bond acceptors (Lipinski definition) is 0. The zero-order chi connectivity index (χ0) is 28.6. The van der Waals surface area contributed by atoms with Crippen LogP contribution in [0.1, 0.15) is 22.3 Å². The first kappa shape index (κ1) is 26.7. The Labute approximate surface area is 277 Å². The summed E-state index contributed by atoms with van der Waals surface area (Å²) in [5, 5.41) is 2.51. The average Bonchev–Trinajstić information content (AvgIpc) is 3.46. The first-order valence-electron chi connectivity index (χ1n) is 13.6. The van der Waals surface area contributed by atoms with E-state index in [4.69, 9.17) is 0 Å². The molecule has 1 heterocycles. The second kappa shape index (κ2) is 10.1. The summed E-state index contributed by atoms with van der Waals surface area (Å²) >= 11 is 15.3. The predicted molar refractivity (Wildman–Crippen MR) is 189 cm³/mol. The SMILES string of the molecule is Brc1cc(Br)cc(C2(c3cc(Br)cc(Br)c3)c3ccccc3-c3cc4c5ccccc5n(-c5ccccc5)c4cc32)c1. The summed E-state index contributed by atoms with van der Waals surface area (Å²) in [6, 6.07) is 46.5. The Bertz CT molecular complexity index is 2100. The zero-order valence-corrected chi connectivity index (χ0v) is 28.4. The van der Waals surface area contributed by atoms with E-state index in [9.17, 15) is 0 Å². The van der Waals surface area contributed by atoms with Gasteiger partial charge in [0.25, 0.3) is 0 Å². The van der Waals surface area contributed by atoms with Crippen LogP contribution in [0.5, 0.6) is 0 Å². The lowest BCUT2D eigenvalue weighted by molar-refractivity contribution is 0.766. The number of benzene rings is 6. The van der Waals surface area contributed by atoms with Gasteiger partial charge in [-0.1, -0.05) is 124 Å². The van der Waals surface area contributed by atoms with Gasteiger partial charge in [-0.05, 0) is 100 Å². The van der Waals surface area contributed by atoms with Gasteiger partial charge in [0, 0.05) is 34.4 Å². The molecule has 42 heavy (non-hydrogen) atoms. The number of nitrogens with zero attached hydrogens (tertiary/aromatic N) is 1. The second-order valence-corrected chi connectivity index (χ2v) is 14.4. The molecule has 8 rings (SSSR count). The Morgan fingerprint density at radius 3 is 1.67 bits per heavy atom. The zero-order valence-electron chi connectivity index (χ0n) is 22.1. The van der Waals surface area contributed by atoms with E-state index in [1.165, 1.54) is 55.2 Å². The molecule has 1 aliphatic rings. The van der Waals surface area contributed by atoms with Crippen LogP contribution >= 0.6 is 63.7 Å². The molecule has 1 aromatic heterocycles. The molecule has 0 N–H and O–H groups in total. The molecule has 1 aliphatic carbocycles. The normalized spacial score (nSPS) is 13.4. The van der Waals surface area contributed by atoms with E-state index < -0.39 is 5.41 Å². The minimum atomic E-state index is -0.559. The summed E-state index contributed by atoms with van der Waals surface area (Å²) < 4.78 is 6.54. The summed E-state index contributed by atoms with van der Waals surface area (Å²) in [4.78, 5) is 0. The number of fused-ring (bicyclic) bond motifs is 6. The molecular formula is C37H21Br4N. The molecule has 202 valence electrons. The maximum Gasteiger partial charge on any atom is 0.0715 e. The van der Waals surface area contributed by atoms with Gasteiger partial charge in [-0.25, -0.2) is 0 Å². The van der Waals surface area contributed by atoms with Crippen molar-refractivity contribution in [2.75, 3.05) is 0 Å². The Kier molecular flexibility index (Phi) is 6.38. The molecule has 0 atom stereocenters. The average molecular weight is 799 g/mol. The van der Waals surface area contributed by atoms with Crippen molar-refractivity contribution in [1.82, 2.24) is 4.57 Å². The number of para-hydroxylation sites is 2. The monoisotopic (exact) mass is 795 g/mol. The van der Waals surface area contributed by atoms with E-state index in [0.29, 0.717) is 0 Å². The van der Waals surface area contributed by atoms with E-state index in [0.717, 1.165) is 23.6 Å².